The van der Waals surface area contributed by atoms with Crippen molar-refractivity contribution in [1.29, 1.82) is 5.26 Å². The number of anilines is 1. The van der Waals surface area contributed by atoms with Gasteiger partial charge in [0.25, 0.3) is 0 Å². The molecule has 0 aliphatic carbocycles. The molecule has 0 amide bonds. The molecule has 0 aliphatic rings. The van der Waals surface area contributed by atoms with Crippen LogP contribution in [0.5, 0.6) is 5.75 Å². The van der Waals surface area contributed by atoms with Gasteiger partial charge in [0.1, 0.15) is 18.4 Å². The molecule has 1 rings (SSSR count). The van der Waals surface area contributed by atoms with Gasteiger partial charge < -0.3 is 15.2 Å². The summed E-state index contributed by atoms with van der Waals surface area (Å²) in [5, 5.41) is 8.63. The third-order valence-corrected chi connectivity index (χ3v) is 1.70. The molecule has 0 aromatic heterocycles. The number of ether oxygens (including phenoxy) is 2. The number of nitriles is 1. The minimum atomic E-state index is 0.433. The van der Waals surface area contributed by atoms with E-state index in [1.165, 1.54) is 0 Å². The van der Waals surface area contributed by atoms with Crippen molar-refractivity contribution in [3.63, 3.8) is 0 Å². The zero-order valence-corrected chi connectivity index (χ0v) is 7.99. The van der Waals surface area contributed by atoms with E-state index in [4.69, 9.17) is 20.5 Å². The Kier molecular flexibility index (Phi) is 3.77. The van der Waals surface area contributed by atoms with Gasteiger partial charge in [-0.25, -0.2) is 0 Å². The summed E-state index contributed by atoms with van der Waals surface area (Å²) < 4.78 is 10.1. The first kappa shape index (κ1) is 10.4. The molecule has 1 aromatic rings. The van der Waals surface area contributed by atoms with Crippen LogP contribution in [0.4, 0.5) is 5.69 Å². The Hall–Kier alpha value is -1.73. The zero-order chi connectivity index (χ0) is 10.4. The minimum Gasteiger partial charge on any atom is -0.491 e. The van der Waals surface area contributed by atoms with E-state index in [0.717, 1.165) is 0 Å². The highest BCUT2D eigenvalue weighted by Gasteiger charge is 1.99. The predicted molar refractivity (Wildman–Crippen MR) is 52.9 cm³/mol. The molecule has 0 aliphatic heterocycles. The fourth-order valence-electron chi connectivity index (χ4n) is 0.975. The Labute approximate surface area is 82.9 Å². The summed E-state index contributed by atoms with van der Waals surface area (Å²) in [6.45, 7) is 1.00. The summed E-state index contributed by atoms with van der Waals surface area (Å²) in [5.74, 6) is 0.651. The number of nitrogens with zero attached hydrogens (tertiary/aromatic N) is 1. The Bertz CT molecular complexity index is 344. The van der Waals surface area contributed by atoms with Crippen LogP contribution in [0.1, 0.15) is 5.56 Å². The first-order valence-corrected chi connectivity index (χ1v) is 4.19. The summed E-state index contributed by atoms with van der Waals surface area (Å²) in [4.78, 5) is 0. The molecule has 0 heterocycles. The Morgan fingerprint density at radius 1 is 1.43 bits per heavy atom. The second kappa shape index (κ2) is 5.10. The van der Waals surface area contributed by atoms with Crippen LogP contribution in [-0.4, -0.2) is 20.3 Å². The van der Waals surface area contributed by atoms with Crippen LogP contribution in [0.15, 0.2) is 18.2 Å². The molecule has 74 valence electrons. The van der Waals surface area contributed by atoms with Gasteiger partial charge in [-0.15, -0.1) is 0 Å². The molecule has 4 nitrogen and oxygen atoms in total. The third kappa shape index (κ3) is 2.64. The molecular formula is C10H12N2O2. The van der Waals surface area contributed by atoms with Crippen LogP contribution in [0, 0.1) is 11.3 Å². The van der Waals surface area contributed by atoms with E-state index in [9.17, 15) is 0 Å². The van der Waals surface area contributed by atoms with Gasteiger partial charge in [0.2, 0.25) is 0 Å². The topological polar surface area (TPSA) is 68.3 Å². The number of methoxy groups -OCH3 is 1. The summed E-state index contributed by atoms with van der Waals surface area (Å²) in [6.07, 6.45) is 0. The molecule has 0 fully saturated rings. The average Bonchev–Trinajstić information content (AvgIpc) is 2.18. The van der Waals surface area contributed by atoms with Crippen molar-refractivity contribution in [2.24, 2.45) is 0 Å². The second-order valence-corrected chi connectivity index (χ2v) is 2.70. The summed E-state index contributed by atoms with van der Waals surface area (Å²) in [6, 6.07) is 6.97. The van der Waals surface area contributed by atoms with Gasteiger partial charge in [-0.2, -0.15) is 5.26 Å². The van der Waals surface area contributed by atoms with Gasteiger partial charge >= 0.3 is 0 Å². The maximum Gasteiger partial charge on any atom is 0.121 e. The molecule has 1 aromatic carbocycles. The Morgan fingerprint density at radius 3 is 2.79 bits per heavy atom. The number of benzene rings is 1. The molecule has 0 bridgehead atoms. The molecule has 0 unspecified atom stereocenters. The van der Waals surface area contributed by atoms with E-state index < -0.39 is 0 Å². The molecule has 0 saturated carbocycles. The SMILES string of the molecule is COCCOc1ccc(C#N)c(N)c1. The molecular weight excluding hydrogens is 180 g/mol. The van der Waals surface area contributed by atoms with Gasteiger partial charge in [0.15, 0.2) is 0 Å². The van der Waals surface area contributed by atoms with E-state index >= 15 is 0 Å². The first-order valence-electron chi connectivity index (χ1n) is 4.19. The lowest BCUT2D eigenvalue weighted by Gasteiger charge is -2.06. The number of hydrogen-bond acceptors (Lipinski definition) is 4. The fourth-order valence-corrected chi connectivity index (χ4v) is 0.975. The average molecular weight is 192 g/mol. The van der Waals surface area contributed by atoms with Crippen molar-refractivity contribution in [2.75, 3.05) is 26.1 Å². The van der Waals surface area contributed by atoms with E-state index in [1.807, 2.05) is 6.07 Å². The van der Waals surface area contributed by atoms with Crippen LogP contribution in [-0.2, 0) is 4.74 Å². The molecule has 2 N–H and O–H groups in total. The molecule has 4 heteroatoms. The lowest BCUT2D eigenvalue weighted by Crippen LogP contribution is -2.04. The smallest absolute Gasteiger partial charge is 0.121 e. The first-order chi connectivity index (χ1) is 6.77. The fraction of sp³-hybridized carbons (Fsp3) is 0.300. The maximum absolute atomic E-state index is 8.63. The monoisotopic (exact) mass is 192 g/mol. The van der Waals surface area contributed by atoms with Crippen LogP contribution in [0.3, 0.4) is 0 Å². The predicted octanol–water partition coefficient (Wildman–Crippen LogP) is 1.17. The van der Waals surface area contributed by atoms with Crippen molar-refractivity contribution >= 4 is 5.69 Å². The molecule has 14 heavy (non-hydrogen) atoms. The largest absolute Gasteiger partial charge is 0.491 e. The Morgan fingerprint density at radius 2 is 2.21 bits per heavy atom. The summed E-state index contributed by atoms with van der Waals surface area (Å²) in [5.41, 5.74) is 6.50. The van der Waals surface area contributed by atoms with Crippen molar-refractivity contribution < 1.29 is 9.47 Å². The minimum absolute atomic E-state index is 0.433. The summed E-state index contributed by atoms with van der Waals surface area (Å²) in [7, 11) is 1.61. The van der Waals surface area contributed by atoms with Gasteiger partial charge in [0.05, 0.1) is 17.9 Å². The van der Waals surface area contributed by atoms with Crippen molar-refractivity contribution in [3.05, 3.63) is 23.8 Å². The van der Waals surface area contributed by atoms with Crippen LogP contribution < -0.4 is 10.5 Å². The van der Waals surface area contributed by atoms with Crippen molar-refractivity contribution in [3.8, 4) is 11.8 Å². The van der Waals surface area contributed by atoms with E-state index in [2.05, 4.69) is 0 Å². The van der Waals surface area contributed by atoms with Crippen LogP contribution in [0.25, 0.3) is 0 Å². The van der Waals surface area contributed by atoms with E-state index in [-0.39, 0.29) is 0 Å². The van der Waals surface area contributed by atoms with Crippen LogP contribution >= 0.6 is 0 Å². The third-order valence-electron chi connectivity index (χ3n) is 1.70. The molecule has 0 spiro atoms. The maximum atomic E-state index is 8.63. The highest BCUT2D eigenvalue weighted by Crippen LogP contribution is 2.18. The standard InChI is InChI=1S/C10H12N2O2/c1-13-4-5-14-9-3-2-8(7-11)10(12)6-9/h2-3,6H,4-5,12H2,1H3. The highest BCUT2D eigenvalue weighted by atomic mass is 16.5. The Balaban J connectivity index is 2.63. The lowest BCUT2D eigenvalue weighted by atomic mass is 10.2. The highest BCUT2D eigenvalue weighted by molar-refractivity contribution is 5.56. The number of nitrogens with two attached hydrogens (primary N) is 1. The number of nitrogen functional groups attached to an aromatic ring is 1. The van der Waals surface area contributed by atoms with Gasteiger partial charge in [-0.05, 0) is 12.1 Å². The second-order valence-electron chi connectivity index (χ2n) is 2.70. The number of rotatable bonds is 4. The van der Waals surface area contributed by atoms with Gasteiger partial charge in [-0.3, -0.25) is 0 Å². The summed E-state index contributed by atoms with van der Waals surface area (Å²) >= 11 is 0. The van der Waals surface area contributed by atoms with Gasteiger partial charge in [-0.1, -0.05) is 0 Å². The number of hydrogen-bond donors (Lipinski definition) is 1. The van der Waals surface area contributed by atoms with E-state index in [0.29, 0.717) is 30.2 Å². The lowest BCUT2D eigenvalue weighted by molar-refractivity contribution is 0.146. The van der Waals surface area contributed by atoms with Crippen LogP contribution in [0.2, 0.25) is 0 Å². The molecule has 0 radical (unpaired) electrons. The normalized spacial score (nSPS) is 9.43. The van der Waals surface area contributed by atoms with Gasteiger partial charge in [0, 0.05) is 13.2 Å². The zero-order valence-electron chi connectivity index (χ0n) is 7.99. The van der Waals surface area contributed by atoms with Crippen molar-refractivity contribution in [2.45, 2.75) is 0 Å². The molecule has 0 atom stereocenters. The van der Waals surface area contributed by atoms with E-state index in [1.54, 1.807) is 25.3 Å². The van der Waals surface area contributed by atoms with Crippen molar-refractivity contribution in [1.82, 2.24) is 0 Å². The quantitative estimate of drug-likeness (QED) is 0.574. The molecule has 0 saturated heterocycles.